The lowest BCUT2D eigenvalue weighted by atomic mass is 9.89. The highest BCUT2D eigenvalue weighted by Gasteiger charge is 2.38. The predicted molar refractivity (Wildman–Crippen MR) is 126 cm³/mol. The lowest BCUT2D eigenvalue weighted by molar-refractivity contribution is -0.136. The smallest absolute Gasteiger partial charge is 0.264 e. The van der Waals surface area contributed by atoms with Crippen LogP contribution in [0.4, 0.5) is 0 Å². The van der Waals surface area contributed by atoms with Crippen molar-refractivity contribution >= 4 is 45.0 Å². The molecule has 2 aliphatic heterocycles. The van der Waals surface area contributed by atoms with Crippen molar-refractivity contribution < 1.29 is 18.0 Å². The fourth-order valence-corrected chi connectivity index (χ4v) is 6.02. The van der Waals surface area contributed by atoms with Gasteiger partial charge in [0.05, 0.1) is 21.4 Å². The van der Waals surface area contributed by atoms with E-state index in [0.717, 1.165) is 17.1 Å². The summed E-state index contributed by atoms with van der Waals surface area (Å²) in [5.41, 5.74) is 1.25. The minimum absolute atomic E-state index is 0.0806. The molecule has 2 heterocycles. The molecule has 2 aromatic carbocycles. The van der Waals surface area contributed by atoms with Crippen molar-refractivity contribution in [3.63, 3.8) is 0 Å². The molecule has 10 heteroatoms. The maximum Gasteiger partial charge on any atom is 0.264 e. The number of amides is 2. The van der Waals surface area contributed by atoms with Crippen LogP contribution in [0.1, 0.15) is 30.7 Å². The van der Waals surface area contributed by atoms with E-state index in [0.29, 0.717) is 19.0 Å². The van der Waals surface area contributed by atoms with Gasteiger partial charge in [0.2, 0.25) is 11.8 Å². The van der Waals surface area contributed by atoms with Crippen LogP contribution in [0.5, 0.6) is 0 Å². The fraction of sp³-hybridized carbons (Fsp3) is 0.304. The number of halogens is 2. The van der Waals surface area contributed by atoms with E-state index in [-0.39, 0.29) is 27.3 Å². The summed E-state index contributed by atoms with van der Waals surface area (Å²) in [6.45, 7) is 1.12. The number of carbonyl (C=O) groups is 2. The molecule has 2 amide bonds. The molecule has 33 heavy (non-hydrogen) atoms. The van der Waals surface area contributed by atoms with Gasteiger partial charge < -0.3 is 10.2 Å². The minimum Gasteiger partial charge on any atom is -0.343 e. The Morgan fingerprint density at radius 1 is 1.03 bits per heavy atom. The Kier molecular flexibility index (Phi) is 6.97. The second kappa shape index (κ2) is 9.75. The van der Waals surface area contributed by atoms with Crippen molar-refractivity contribution in [3.05, 3.63) is 76.5 Å². The average Bonchev–Trinajstić information content (AvgIpc) is 2.82. The molecule has 174 valence electrons. The number of hydrogen-bond donors (Lipinski definition) is 1. The summed E-state index contributed by atoms with van der Waals surface area (Å²) in [6, 6.07) is 12.9. The summed E-state index contributed by atoms with van der Waals surface area (Å²) < 4.78 is 27.4. The lowest BCUT2D eigenvalue weighted by Crippen LogP contribution is -2.51. The van der Waals surface area contributed by atoms with Crippen molar-refractivity contribution in [2.24, 2.45) is 0 Å². The van der Waals surface area contributed by atoms with E-state index in [1.54, 1.807) is 4.90 Å². The van der Waals surface area contributed by atoms with E-state index < -0.39 is 22.0 Å². The molecule has 1 saturated heterocycles. The van der Waals surface area contributed by atoms with Crippen molar-refractivity contribution in [3.8, 4) is 0 Å². The summed E-state index contributed by atoms with van der Waals surface area (Å²) in [5, 5.41) is 2.80. The number of hydrogen-bond acceptors (Lipinski definition) is 4. The fourth-order valence-electron chi connectivity index (χ4n) is 4.18. The molecule has 2 aliphatic rings. The van der Waals surface area contributed by atoms with Crippen LogP contribution in [-0.4, -0.2) is 48.6 Å². The van der Waals surface area contributed by atoms with Crippen LogP contribution in [0.15, 0.2) is 65.8 Å². The zero-order valence-electron chi connectivity index (χ0n) is 17.7. The number of benzene rings is 2. The summed E-state index contributed by atoms with van der Waals surface area (Å²) in [6.07, 6.45) is 3.87. The highest BCUT2D eigenvalue weighted by atomic mass is 35.5. The van der Waals surface area contributed by atoms with E-state index in [4.69, 9.17) is 23.2 Å². The highest BCUT2D eigenvalue weighted by molar-refractivity contribution is 7.89. The molecule has 0 aromatic heterocycles. The molecule has 2 aromatic rings. The van der Waals surface area contributed by atoms with Gasteiger partial charge >= 0.3 is 0 Å². The Labute approximate surface area is 203 Å². The van der Waals surface area contributed by atoms with Crippen LogP contribution in [0.2, 0.25) is 10.0 Å². The van der Waals surface area contributed by atoms with E-state index in [2.05, 4.69) is 17.4 Å². The number of carbonyl (C=O) groups excluding carboxylic acids is 2. The number of nitrogens with one attached hydrogen (secondary N) is 1. The van der Waals surface area contributed by atoms with Crippen molar-refractivity contribution in [1.29, 1.82) is 0 Å². The van der Waals surface area contributed by atoms with Gasteiger partial charge in [-0.15, -0.1) is 0 Å². The first-order chi connectivity index (χ1) is 15.8. The molecule has 1 atom stereocenters. The molecule has 4 rings (SSSR count). The van der Waals surface area contributed by atoms with E-state index in [1.165, 1.54) is 36.2 Å². The Hall–Kier alpha value is -2.55. The topological polar surface area (TPSA) is 86.8 Å². The van der Waals surface area contributed by atoms with Crippen LogP contribution in [0.3, 0.4) is 0 Å². The molecule has 0 bridgehead atoms. The van der Waals surface area contributed by atoms with Crippen molar-refractivity contribution in [1.82, 2.24) is 14.5 Å². The SMILES string of the molecule is O=C1NC=CN(S(=O)(=O)c2ccc(Cl)c(Cl)c2)[C@@H]1CC(=O)N1CCC(c2ccccc2)CC1. The van der Waals surface area contributed by atoms with Gasteiger partial charge in [-0.3, -0.25) is 13.9 Å². The second-order valence-electron chi connectivity index (χ2n) is 8.02. The maximum atomic E-state index is 13.2. The Bertz CT molecular complexity index is 1180. The quantitative estimate of drug-likeness (QED) is 0.667. The molecule has 7 nitrogen and oxygen atoms in total. The zero-order chi connectivity index (χ0) is 23.6. The van der Waals surface area contributed by atoms with Crippen molar-refractivity contribution in [2.45, 2.75) is 36.1 Å². The van der Waals surface area contributed by atoms with E-state index in [1.807, 2.05) is 18.2 Å². The average molecular weight is 508 g/mol. The molecule has 0 saturated carbocycles. The third kappa shape index (κ3) is 5.03. The van der Waals surface area contributed by atoms with Crippen LogP contribution < -0.4 is 5.32 Å². The first-order valence-electron chi connectivity index (χ1n) is 10.6. The van der Waals surface area contributed by atoms with Gasteiger partial charge in [0, 0.05) is 25.5 Å². The monoisotopic (exact) mass is 507 g/mol. The van der Waals surface area contributed by atoms with Crippen LogP contribution >= 0.6 is 23.2 Å². The van der Waals surface area contributed by atoms with Gasteiger partial charge in [-0.25, -0.2) is 8.42 Å². The summed E-state index contributed by atoms with van der Waals surface area (Å²) in [4.78, 5) is 27.2. The number of piperidine rings is 1. The Morgan fingerprint density at radius 3 is 2.39 bits per heavy atom. The summed E-state index contributed by atoms with van der Waals surface area (Å²) in [7, 11) is -4.13. The van der Waals surface area contributed by atoms with E-state index >= 15 is 0 Å². The Balaban J connectivity index is 1.47. The Morgan fingerprint density at radius 2 is 1.73 bits per heavy atom. The minimum atomic E-state index is -4.13. The number of nitrogens with zero attached hydrogens (tertiary/aromatic N) is 2. The van der Waals surface area contributed by atoms with Crippen LogP contribution in [-0.2, 0) is 19.6 Å². The molecule has 1 N–H and O–H groups in total. The maximum absolute atomic E-state index is 13.2. The van der Waals surface area contributed by atoms with Crippen molar-refractivity contribution in [2.75, 3.05) is 13.1 Å². The third-order valence-electron chi connectivity index (χ3n) is 6.01. The van der Waals surface area contributed by atoms with Gasteiger partial charge in [-0.05, 0) is 42.5 Å². The largest absolute Gasteiger partial charge is 0.343 e. The third-order valence-corrected chi connectivity index (χ3v) is 8.53. The summed E-state index contributed by atoms with van der Waals surface area (Å²) >= 11 is 11.9. The normalized spacial score (nSPS) is 19.5. The van der Waals surface area contributed by atoms with Gasteiger partial charge in [0.15, 0.2) is 0 Å². The van der Waals surface area contributed by atoms with E-state index in [9.17, 15) is 18.0 Å². The molecular weight excluding hydrogens is 485 g/mol. The van der Waals surface area contributed by atoms with Gasteiger partial charge in [-0.1, -0.05) is 53.5 Å². The molecule has 0 spiro atoms. The summed E-state index contributed by atoms with van der Waals surface area (Å²) in [5.74, 6) is -0.442. The molecule has 0 unspecified atom stereocenters. The molecule has 0 radical (unpaired) electrons. The standard InChI is InChI=1S/C23H23Cl2N3O4S/c24-19-7-6-18(14-20(19)25)33(31,32)28-13-10-26-23(30)21(28)15-22(29)27-11-8-17(9-12-27)16-4-2-1-3-5-16/h1-7,10,13-14,17,21H,8-9,11-12,15H2,(H,26,30)/t21-/m1/s1. The van der Waals surface area contributed by atoms with Crippen LogP contribution in [0, 0.1) is 0 Å². The highest BCUT2D eigenvalue weighted by Crippen LogP contribution is 2.30. The van der Waals surface area contributed by atoms with Gasteiger partial charge in [-0.2, -0.15) is 0 Å². The second-order valence-corrected chi connectivity index (χ2v) is 10.7. The molecule has 1 fully saturated rings. The zero-order valence-corrected chi connectivity index (χ0v) is 20.0. The number of sulfonamides is 1. The van der Waals surface area contributed by atoms with Gasteiger partial charge in [0.1, 0.15) is 6.04 Å². The predicted octanol–water partition coefficient (Wildman–Crippen LogP) is 3.75. The first-order valence-corrected chi connectivity index (χ1v) is 12.8. The van der Waals surface area contributed by atoms with Crippen LogP contribution in [0.25, 0.3) is 0 Å². The molecule has 0 aliphatic carbocycles. The lowest BCUT2D eigenvalue weighted by Gasteiger charge is -2.35. The van der Waals surface area contributed by atoms with Gasteiger partial charge in [0.25, 0.3) is 10.0 Å². The first kappa shape index (κ1) is 23.6. The number of rotatable bonds is 5. The number of likely N-dealkylation sites (tertiary alicyclic amines) is 1. The molecular formula is C23H23Cl2N3O4S.